The fraction of sp³-hybridized carbons (Fsp3) is 0.950. The van der Waals surface area contributed by atoms with Crippen molar-refractivity contribution < 1.29 is 21.7 Å². The van der Waals surface area contributed by atoms with Gasteiger partial charge in [-0.3, -0.25) is 4.79 Å². The van der Waals surface area contributed by atoms with Crippen molar-refractivity contribution in [3.05, 3.63) is 0 Å². The van der Waals surface area contributed by atoms with Crippen LogP contribution in [0.2, 0.25) is 0 Å². The van der Waals surface area contributed by atoms with Crippen LogP contribution in [0, 0.1) is 0 Å². The van der Waals surface area contributed by atoms with Crippen LogP contribution in [0.15, 0.2) is 0 Å². The first-order valence-corrected chi connectivity index (χ1v) is 10.1. The van der Waals surface area contributed by atoms with Gasteiger partial charge in [-0.1, -0.05) is 71.1 Å². The second-order valence-corrected chi connectivity index (χ2v) is 8.05. The second-order valence-electron chi connectivity index (χ2n) is 8.05. The quantitative estimate of drug-likeness (QED) is 0.382. The molecule has 0 unspecified atom stereocenters. The average molecular weight is 361 g/mol. The molecule has 0 radical (unpaired) electrons. The zero-order valence-corrected chi connectivity index (χ0v) is 17.3. The molecule has 1 saturated heterocycles. The number of carbonyl (C=O) groups is 1. The van der Waals surface area contributed by atoms with Gasteiger partial charge in [-0.2, -0.15) is 0 Å². The Morgan fingerprint density at radius 2 is 1.21 bits per heavy atom. The molecule has 3 nitrogen and oxygen atoms in total. The molecule has 0 atom stereocenters. The lowest BCUT2D eigenvalue weighted by atomic mass is 10.1. The summed E-state index contributed by atoms with van der Waals surface area (Å²) in [5, 5.41) is 0. The first-order valence-electron chi connectivity index (χ1n) is 10.1. The summed E-state index contributed by atoms with van der Waals surface area (Å²) < 4.78 is 1.06. The first-order chi connectivity index (χ1) is 11.0. The third kappa shape index (κ3) is 11.3. The highest BCUT2D eigenvalue weighted by atomic mass is 35.5. The van der Waals surface area contributed by atoms with E-state index in [9.17, 15) is 4.79 Å². The molecule has 1 rings (SSSR count). The van der Waals surface area contributed by atoms with E-state index in [1.807, 2.05) is 0 Å². The van der Waals surface area contributed by atoms with Gasteiger partial charge in [-0.05, 0) is 6.42 Å². The standard InChI is InChI=1S/C20H41N2O.ClH/c1-4-5-6-7-8-9-10-11-12-13-14-15-20(23)21-16-18-22(2,3)19-17-21;/h4-19H2,1-3H3;1H/q+1;/p-1. The minimum absolute atomic E-state index is 0. The monoisotopic (exact) mass is 360 g/mol. The van der Waals surface area contributed by atoms with Crippen molar-refractivity contribution in [3.63, 3.8) is 0 Å². The number of rotatable bonds is 12. The molecule has 0 bridgehead atoms. The smallest absolute Gasteiger partial charge is 0.222 e. The number of quaternary nitrogens is 1. The lowest BCUT2D eigenvalue weighted by molar-refractivity contribution is -0.894. The minimum Gasteiger partial charge on any atom is -1.00 e. The van der Waals surface area contributed by atoms with Crippen LogP contribution in [0.25, 0.3) is 0 Å². The van der Waals surface area contributed by atoms with Crippen molar-refractivity contribution in [3.8, 4) is 0 Å². The van der Waals surface area contributed by atoms with E-state index in [2.05, 4.69) is 25.9 Å². The maximum Gasteiger partial charge on any atom is 0.222 e. The molecule has 1 aliphatic rings. The van der Waals surface area contributed by atoms with E-state index < -0.39 is 0 Å². The zero-order chi connectivity index (χ0) is 17.0. The van der Waals surface area contributed by atoms with Crippen LogP contribution in [0.4, 0.5) is 0 Å². The molecule has 0 spiro atoms. The number of likely N-dealkylation sites (N-methyl/N-ethyl adjacent to an activating group) is 1. The molecule has 144 valence electrons. The summed E-state index contributed by atoms with van der Waals surface area (Å²) in [5.74, 6) is 0.389. The molecule has 1 fully saturated rings. The highest BCUT2D eigenvalue weighted by Gasteiger charge is 2.26. The van der Waals surface area contributed by atoms with Gasteiger partial charge in [0.25, 0.3) is 0 Å². The van der Waals surface area contributed by atoms with E-state index in [4.69, 9.17) is 0 Å². The average Bonchev–Trinajstić information content (AvgIpc) is 2.52. The first kappa shape index (κ1) is 23.7. The van der Waals surface area contributed by atoms with Crippen molar-refractivity contribution in [2.45, 2.75) is 84.0 Å². The number of hydrogen-bond acceptors (Lipinski definition) is 1. The van der Waals surface area contributed by atoms with Gasteiger partial charge in [-0.15, -0.1) is 0 Å². The molecule has 0 aromatic rings. The largest absolute Gasteiger partial charge is 1.00 e. The Morgan fingerprint density at radius 3 is 1.67 bits per heavy atom. The topological polar surface area (TPSA) is 20.3 Å². The predicted molar refractivity (Wildman–Crippen MR) is 99.5 cm³/mol. The van der Waals surface area contributed by atoms with Crippen LogP contribution < -0.4 is 12.4 Å². The molecule has 1 heterocycles. The zero-order valence-electron chi connectivity index (χ0n) is 16.5. The van der Waals surface area contributed by atoms with E-state index in [-0.39, 0.29) is 12.4 Å². The van der Waals surface area contributed by atoms with Gasteiger partial charge in [0.1, 0.15) is 0 Å². The lowest BCUT2D eigenvalue weighted by Gasteiger charge is -2.39. The Bertz CT molecular complexity index is 311. The SMILES string of the molecule is CCCCCCCCCCCCCC(=O)N1CC[N+](C)(C)CC1.[Cl-]. The van der Waals surface area contributed by atoms with Crippen LogP contribution in [0.5, 0.6) is 0 Å². The molecule has 0 aromatic carbocycles. The molecule has 0 N–H and O–H groups in total. The van der Waals surface area contributed by atoms with Gasteiger partial charge in [0.15, 0.2) is 0 Å². The number of piperazine rings is 1. The molecular formula is C20H41ClN2O. The minimum atomic E-state index is 0. The Kier molecular flexibility index (Phi) is 13.8. The normalized spacial score (nSPS) is 16.7. The van der Waals surface area contributed by atoms with Crippen molar-refractivity contribution in [2.24, 2.45) is 0 Å². The Morgan fingerprint density at radius 1 is 0.792 bits per heavy atom. The number of halogens is 1. The highest BCUT2D eigenvalue weighted by molar-refractivity contribution is 5.76. The summed E-state index contributed by atoms with van der Waals surface area (Å²) in [7, 11) is 4.51. The molecule has 0 saturated carbocycles. The molecule has 0 aromatic heterocycles. The van der Waals surface area contributed by atoms with E-state index in [0.717, 1.165) is 43.5 Å². The van der Waals surface area contributed by atoms with Gasteiger partial charge in [0, 0.05) is 6.42 Å². The van der Waals surface area contributed by atoms with E-state index in [0.29, 0.717) is 5.91 Å². The molecular weight excluding hydrogens is 320 g/mol. The summed E-state index contributed by atoms with van der Waals surface area (Å²) >= 11 is 0. The number of amides is 1. The van der Waals surface area contributed by atoms with E-state index in [1.165, 1.54) is 64.2 Å². The number of hydrogen-bond donors (Lipinski definition) is 0. The molecule has 1 aliphatic heterocycles. The van der Waals surface area contributed by atoms with Gasteiger partial charge >= 0.3 is 0 Å². The fourth-order valence-electron chi connectivity index (χ4n) is 3.35. The third-order valence-electron chi connectivity index (χ3n) is 5.30. The highest BCUT2D eigenvalue weighted by Crippen LogP contribution is 2.13. The van der Waals surface area contributed by atoms with Gasteiger partial charge in [0.2, 0.25) is 5.91 Å². The van der Waals surface area contributed by atoms with Gasteiger partial charge in [0.05, 0.1) is 40.3 Å². The van der Waals surface area contributed by atoms with Crippen LogP contribution >= 0.6 is 0 Å². The summed E-state index contributed by atoms with van der Waals surface area (Å²) in [6, 6.07) is 0. The van der Waals surface area contributed by atoms with Crippen molar-refractivity contribution >= 4 is 5.91 Å². The third-order valence-corrected chi connectivity index (χ3v) is 5.30. The summed E-state index contributed by atoms with van der Waals surface area (Å²) in [4.78, 5) is 14.3. The van der Waals surface area contributed by atoms with Gasteiger partial charge in [-0.25, -0.2) is 0 Å². The van der Waals surface area contributed by atoms with Crippen molar-refractivity contribution in [2.75, 3.05) is 40.3 Å². The maximum atomic E-state index is 12.2. The van der Waals surface area contributed by atoms with Gasteiger partial charge < -0.3 is 21.8 Å². The summed E-state index contributed by atoms with van der Waals surface area (Å²) in [6.45, 7) is 6.37. The molecule has 4 heteroatoms. The fourth-order valence-corrected chi connectivity index (χ4v) is 3.35. The Labute approximate surface area is 157 Å². The Hall–Kier alpha value is -0.280. The van der Waals surface area contributed by atoms with E-state index in [1.54, 1.807) is 0 Å². The maximum absolute atomic E-state index is 12.2. The Balaban J connectivity index is 0.00000529. The van der Waals surface area contributed by atoms with Crippen LogP contribution in [0.1, 0.15) is 84.0 Å². The van der Waals surface area contributed by atoms with Crippen LogP contribution in [0.3, 0.4) is 0 Å². The van der Waals surface area contributed by atoms with E-state index >= 15 is 0 Å². The second kappa shape index (κ2) is 13.9. The summed E-state index contributed by atoms with van der Waals surface area (Å²) in [5.41, 5.74) is 0. The molecule has 24 heavy (non-hydrogen) atoms. The predicted octanol–water partition coefficient (Wildman–Crippen LogP) is 1.61. The number of unbranched alkanes of at least 4 members (excludes halogenated alkanes) is 10. The molecule has 1 amide bonds. The van der Waals surface area contributed by atoms with Crippen LogP contribution in [-0.2, 0) is 4.79 Å². The summed E-state index contributed by atoms with van der Waals surface area (Å²) in [6.07, 6.45) is 15.6. The van der Waals surface area contributed by atoms with Crippen molar-refractivity contribution in [1.29, 1.82) is 0 Å². The lowest BCUT2D eigenvalue weighted by Crippen LogP contribution is -3.00. The van der Waals surface area contributed by atoms with Crippen molar-refractivity contribution in [1.82, 2.24) is 4.90 Å². The number of carbonyl (C=O) groups excluding carboxylic acids is 1. The number of nitrogens with zero attached hydrogens (tertiary/aromatic N) is 2. The molecule has 0 aliphatic carbocycles. The van der Waals surface area contributed by atoms with Crippen LogP contribution in [-0.4, -0.2) is 55.6 Å².